The Hall–Kier alpha value is -1.44. The highest BCUT2D eigenvalue weighted by molar-refractivity contribution is 5.84. The van der Waals surface area contributed by atoms with Crippen molar-refractivity contribution in [1.29, 1.82) is 0 Å². The second-order valence-corrected chi connectivity index (χ2v) is 4.90. The minimum Gasteiger partial charge on any atom is -0.294 e. The van der Waals surface area contributed by atoms with Gasteiger partial charge in [-0.1, -0.05) is 39.8 Å². The van der Waals surface area contributed by atoms with Gasteiger partial charge in [0.25, 0.3) is 0 Å². The molecule has 0 radical (unpaired) electrons. The fourth-order valence-electron chi connectivity index (χ4n) is 2.65. The van der Waals surface area contributed by atoms with E-state index < -0.39 is 0 Å². The maximum atomic E-state index is 4.56. The molecule has 0 saturated heterocycles. The molecule has 0 saturated carbocycles. The Morgan fingerprint density at radius 2 is 1.60 bits per heavy atom. The van der Waals surface area contributed by atoms with Crippen molar-refractivity contribution in [2.75, 3.05) is 6.54 Å². The summed E-state index contributed by atoms with van der Waals surface area (Å²) in [5.41, 5.74) is 2.38. The topological polar surface area (TPSA) is 25.2 Å². The predicted molar refractivity (Wildman–Crippen MR) is 89.4 cm³/mol. The highest BCUT2D eigenvalue weighted by Crippen LogP contribution is 2.25. The number of rotatable bonds is 0. The van der Waals surface area contributed by atoms with Gasteiger partial charge in [0.1, 0.15) is 0 Å². The molecule has 2 heterocycles. The first-order valence-electron chi connectivity index (χ1n) is 7.89. The van der Waals surface area contributed by atoms with Gasteiger partial charge in [0, 0.05) is 30.1 Å². The Bertz CT molecular complexity index is 570. The molecule has 2 aliphatic rings. The molecule has 0 fully saturated rings. The smallest absolute Gasteiger partial charge is 0.0457 e. The van der Waals surface area contributed by atoms with Crippen molar-refractivity contribution < 1.29 is 0 Å². The van der Waals surface area contributed by atoms with Gasteiger partial charge in [-0.3, -0.25) is 9.98 Å². The molecule has 110 valence electrons. The Balaban J connectivity index is 0.000000461. The van der Waals surface area contributed by atoms with Crippen molar-refractivity contribution in [1.82, 2.24) is 4.98 Å². The van der Waals surface area contributed by atoms with Crippen LogP contribution in [-0.4, -0.2) is 17.2 Å². The van der Waals surface area contributed by atoms with E-state index in [1.807, 2.05) is 40.8 Å². The molecule has 0 spiro atoms. The van der Waals surface area contributed by atoms with Gasteiger partial charge >= 0.3 is 0 Å². The lowest BCUT2D eigenvalue weighted by Crippen LogP contribution is -2.36. The van der Waals surface area contributed by atoms with Gasteiger partial charge in [0.05, 0.1) is 0 Å². The first-order chi connectivity index (χ1) is 9.72. The monoisotopic (exact) mass is 272 g/mol. The van der Waals surface area contributed by atoms with E-state index in [2.05, 4.69) is 35.1 Å². The lowest BCUT2D eigenvalue weighted by molar-refractivity contribution is 0.519. The average Bonchev–Trinajstić information content (AvgIpc) is 2.49. The van der Waals surface area contributed by atoms with Crippen LogP contribution in [0.3, 0.4) is 0 Å². The highest BCUT2D eigenvalue weighted by Gasteiger charge is 2.23. The zero-order valence-electron chi connectivity index (χ0n) is 13.8. The number of pyridine rings is 1. The molecular weight excluding hydrogens is 244 g/mol. The third-order valence-corrected chi connectivity index (χ3v) is 3.55. The summed E-state index contributed by atoms with van der Waals surface area (Å²) in [7, 11) is 0. The third-order valence-electron chi connectivity index (χ3n) is 3.55. The molecule has 1 aromatic heterocycles. The summed E-state index contributed by atoms with van der Waals surface area (Å²) >= 11 is 0. The highest BCUT2D eigenvalue weighted by atomic mass is 14.8. The summed E-state index contributed by atoms with van der Waals surface area (Å²) in [6.07, 6.45) is 7.86. The fraction of sp³-hybridized carbons (Fsp3) is 0.556. The second kappa shape index (κ2) is 7.98. The average molecular weight is 272 g/mol. The molecule has 0 amide bonds. The number of hydrogen-bond donors (Lipinski definition) is 0. The van der Waals surface area contributed by atoms with Gasteiger partial charge in [-0.05, 0) is 42.7 Å². The quantitative estimate of drug-likeness (QED) is 0.712. The summed E-state index contributed by atoms with van der Waals surface area (Å²) in [5, 5.41) is 2.63. The molecule has 3 rings (SSSR count). The van der Waals surface area contributed by atoms with Gasteiger partial charge in [-0.25, -0.2) is 0 Å². The Morgan fingerprint density at radius 1 is 0.950 bits per heavy atom. The normalized spacial score (nSPS) is 22.2. The standard InChI is InChI=1S/C14H16N2.2C2H6/c1-9-3-11-5-14-8-16-10(2)4-12(14)6-13(11)7-15-9;2*1-2/h3,5-7,12,14H,4,8H2,1-2H3;2*1-2H3. The number of nitrogens with zero attached hydrogens (tertiary/aromatic N) is 2. The van der Waals surface area contributed by atoms with E-state index in [0.717, 1.165) is 18.7 Å². The zero-order chi connectivity index (χ0) is 15.1. The Kier molecular flexibility index (Phi) is 6.63. The van der Waals surface area contributed by atoms with E-state index in [9.17, 15) is 0 Å². The SMILES string of the molecule is CC.CC.CC1=NCC2C=c3cc(C)ncc3=CC2C1. The largest absolute Gasteiger partial charge is 0.294 e. The predicted octanol–water partition coefficient (Wildman–Crippen LogP) is 3.11. The van der Waals surface area contributed by atoms with E-state index in [1.165, 1.54) is 16.1 Å². The van der Waals surface area contributed by atoms with Crippen LogP contribution in [0, 0.1) is 18.8 Å². The van der Waals surface area contributed by atoms with E-state index in [-0.39, 0.29) is 0 Å². The molecular formula is C18H28N2. The number of aliphatic imine (C=N–C) groups is 1. The van der Waals surface area contributed by atoms with Crippen LogP contribution in [0.1, 0.15) is 46.7 Å². The number of fused-ring (bicyclic) bond motifs is 2. The van der Waals surface area contributed by atoms with Crippen LogP contribution in [0.25, 0.3) is 12.2 Å². The van der Waals surface area contributed by atoms with Crippen LogP contribution in [0.5, 0.6) is 0 Å². The Labute approximate surface area is 123 Å². The van der Waals surface area contributed by atoms with Crippen molar-refractivity contribution in [3.63, 3.8) is 0 Å². The van der Waals surface area contributed by atoms with Crippen molar-refractivity contribution in [3.8, 4) is 0 Å². The summed E-state index contributed by atoms with van der Waals surface area (Å²) in [5.74, 6) is 1.23. The Morgan fingerprint density at radius 3 is 2.30 bits per heavy atom. The fourth-order valence-corrected chi connectivity index (χ4v) is 2.65. The minimum atomic E-state index is 0.595. The molecule has 0 N–H and O–H groups in total. The summed E-state index contributed by atoms with van der Waals surface area (Å²) < 4.78 is 0. The molecule has 1 aliphatic heterocycles. The molecule has 2 nitrogen and oxygen atoms in total. The number of hydrogen-bond acceptors (Lipinski definition) is 2. The van der Waals surface area contributed by atoms with E-state index in [4.69, 9.17) is 0 Å². The van der Waals surface area contributed by atoms with Gasteiger partial charge in [0.15, 0.2) is 0 Å². The number of aryl methyl sites for hydroxylation is 1. The molecule has 20 heavy (non-hydrogen) atoms. The first-order valence-corrected chi connectivity index (χ1v) is 7.89. The first kappa shape index (κ1) is 16.6. The lowest BCUT2D eigenvalue weighted by Gasteiger charge is -2.27. The van der Waals surface area contributed by atoms with Gasteiger partial charge in [-0.2, -0.15) is 0 Å². The molecule has 1 aliphatic carbocycles. The molecule has 0 bridgehead atoms. The van der Waals surface area contributed by atoms with Crippen LogP contribution in [0.15, 0.2) is 17.3 Å². The second-order valence-electron chi connectivity index (χ2n) is 4.90. The van der Waals surface area contributed by atoms with Gasteiger partial charge in [0.2, 0.25) is 0 Å². The summed E-state index contributed by atoms with van der Waals surface area (Å²) in [6.45, 7) is 13.1. The van der Waals surface area contributed by atoms with Crippen molar-refractivity contribution in [2.45, 2.75) is 48.0 Å². The molecule has 0 aromatic carbocycles. The van der Waals surface area contributed by atoms with Crippen LogP contribution in [0.4, 0.5) is 0 Å². The third kappa shape index (κ3) is 3.78. The maximum Gasteiger partial charge on any atom is 0.0457 e. The minimum absolute atomic E-state index is 0.595. The van der Waals surface area contributed by atoms with Crippen molar-refractivity contribution in [2.24, 2.45) is 16.8 Å². The maximum absolute atomic E-state index is 4.56. The van der Waals surface area contributed by atoms with Gasteiger partial charge < -0.3 is 0 Å². The molecule has 2 unspecified atom stereocenters. The van der Waals surface area contributed by atoms with Crippen molar-refractivity contribution in [3.05, 3.63) is 28.4 Å². The molecule has 2 atom stereocenters. The summed E-state index contributed by atoms with van der Waals surface area (Å²) in [6, 6.07) is 2.17. The van der Waals surface area contributed by atoms with E-state index in [1.54, 1.807) is 0 Å². The van der Waals surface area contributed by atoms with Gasteiger partial charge in [-0.15, -0.1) is 0 Å². The lowest BCUT2D eigenvalue weighted by atomic mass is 9.81. The number of aromatic nitrogens is 1. The van der Waals surface area contributed by atoms with Crippen molar-refractivity contribution >= 4 is 17.9 Å². The van der Waals surface area contributed by atoms with Crippen LogP contribution < -0.4 is 10.4 Å². The summed E-state index contributed by atoms with van der Waals surface area (Å²) in [4.78, 5) is 8.93. The van der Waals surface area contributed by atoms with Crippen LogP contribution in [0.2, 0.25) is 0 Å². The van der Waals surface area contributed by atoms with E-state index in [0.29, 0.717) is 11.8 Å². The van der Waals surface area contributed by atoms with Crippen LogP contribution >= 0.6 is 0 Å². The molecule has 2 heteroatoms. The zero-order valence-corrected chi connectivity index (χ0v) is 13.8. The van der Waals surface area contributed by atoms with E-state index >= 15 is 0 Å². The van der Waals surface area contributed by atoms with Crippen LogP contribution in [-0.2, 0) is 0 Å². The molecule has 1 aromatic rings.